The van der Waals surface area contributed by atoms with Crippen molar-refractivity contribution >= 4 is 35.0 Å². The molecule has 8 nitrogen and oxygen atoms in total. The van der Waals surface area contributed by atoms with Gasteiger partial charge in [0.2, 0.25) is 0 Å². The van der Waals surface area contributed by atoms with Gasteiger partial charge in [-0.1, -0.05) is 0 Å². The van der Waals surface area contributed by atoms with Crippen LogP contribution in [0.5, 0.6) is 11.5 Å². The molecule has 2 rings (SSSR count). The van der Waals surface area contributed by atoms with Gasteiger partial charge in [0.25, 0.3) is 5.91 Å². The zero-order valence-corrected chi connectivity index (χ0v) is 14.7. The number of nitrogens with one attached hydrogen (secondary N) is 1. The van der Waals surface area contributed by atoms with Crippen molar-refractivity contribution in [3.8, 4) is 11.5 Å². The number of benzene rings is 1. The maximum absolute atomic E-state index is 12.3. The third kappa shape index (κ3) is 6.02. The minimum Gasteiger partial charge on any atom is -0.496 e. The number of carbonyl (C=O) groups is 2. The molecular formula is C15H12F3N3O5S. The number of thioether (sulfide) groups is 1. The fraction of sp³-hybridized carbons (Fsp3) is 0.200. The lowest BCUT2D eigenvalue weighted by atomic mass is 10.2. The van der Waals surface area contributed by atoms with Crippen LogP contribution < -0.4 is 14.8 Å². The number of amides is 1. The van der Waals surface area contributed by atoms with Gasteiger partial charge >= 0.3 is 12.3 Å². The highest BCUT2D eigenvalue weighted by Gasteiger charge is 2.31. The minimum absolute atomic E-state index is 0.0638. The molecule has 1 aromatic rings. The molecule has 0 spiro atoms. The normalized spacial score (nSPS) is 17.4. The van der Waals surface area contributed by atoms with Crippen LogP contribution >= 0.6 is 11.8 Å². The molecule has 1 aliphatic heterocycles. The average molecular weight is 403 g/mol. The van der Waals surface area contributed by atoms with E-state index in [1.165, 1.54) is 20.3 Å². The predicted molar refractivity (Wildman–Crippen MR) is 90.5 cm³/mol. The highest BCUT2D eigenvalue weighted by atomic mass is 32.2. The van der Waals surface area contributed by atoms with Crippen LogP contribution in [0.4, 0.5) is 13.2 Å². The number of rotatable bonds is 5. The molecule has 0 radical (unpaired) electrons. The lowest BCUT2D eigenvalue weighted by Gasteiger charge is -2.10. The number of ether oxygens (including phenoxy) is 3. The minimum atomic E-state index is -4.84. The van der Waals surface area contributed by atoms with Crippen molar-refractivity contribution in [2.75, 3.05) is 14.2 Å². The first-order valence-corrected chi connectivity index (χ1v) is 7.87. The molecule has 0 atom stereocenters. The van der Waals surface area contributed by atoms with E-state index >= 15 is 0 Å². The van der Waals surface area contributed by atoms with E-state index in [2.05, 4.69) is 25.0 Å². The first-order chi connectivity index (χ1) is 12.7. The number of carbonyl (C=O) groups excluding carboxylic acids is 2. The monoisotopic (exact) mass is 403 g/mol. The number of esters is 1. The highest BCUT2D eigenvalue weighted by molar-refractivity contribution is 8.18. The van der Waals surface area contributed by atoms with Crippen LogP contribution in [0, 0.1) is 0 Å². The van der Waals surface area contributed by atoms with E-state index in [0.717, 1.165) is 36.2 Å². The van der Waals surface area contributed by atoms with Crippen molar-refractivity contribution in [1.82, 2.24) is 5.32 Å². The summed E-state index contributed by atoms with van der Waals surface area (Å²) >= 11 is 0.850. The molecule has 12 heteroatoms. The van der Waals surface area contributed by atoms with Crippen LogP contribution in [0.15, 0.2) is 39.4 Å². The summed E-state index contributed by atoms with van der Waals surface area (Å²) in [5, 5.41) is 9.89. The molecule has 1 amide bonds. The second-order valence-electron chi connectivity index (χ2n) is 4.69. The van der Waals surface area contributed by atoms with E-state index in [4.69, 9.17) is 4.74 Å². The molecule has 0 bridgehead atoms. The zero-order chi connectivity index (χ0) is 20.0. The number of halogens is 3. The maximum Gasteiger partial charge on any atom is 0.573 e. The fourth-order valence-corrected chi connectivity index (χ4v) is 2.53. The van der Waals surface area contributed by atoms with Crippen molar-refractivity contribution < 1.29 is 37.0 Å². The molecule has 1 heterocycles. The van der Waals surface area contributed by atoms with Crippen LogP contribution in [0.3, 0.4) is 0 Å². The maximum atomic E-state index is 12.3. The number of amidine groups is 1. The molecule has 1 N–H and O–H groups in total. The van der Waals surface area contributed by atoms with Gasteiger partial charge in [0.1, 0.15) is 11.5 Å². The summed E-state index contributed by atoms with van der Waals surface area (Å²) in [4.78, 5) is 22.9. The van der Waals surface area contributed by atoms with Crippen molar-refractivity contribution in [3.63, 3.8) is 0 Å². The van der Waals surface area contributed by atoms with Gasteiger partial charge in [0, 0.05) is 11.6 Å². The summed E-state index contributed by atoms with van der Waals surface area (Å²) < 4.78 is 50.2. The number of hydrogen-bond acceptors (Lipinski definition) is 8. The molecule has 0 aliphatic carbocycles. The Morgan fingerprint density at radius 2 is 2.04 bits per heavy atom. The summed E-state index contributed by atoms with van der Waals surface area (Å²) in [5.74, 6) is -1.48. The summed E-state index contributed by atoms with van der Waals surface area (Å²) in [5.41, 5.74) is 0.170. The van der Waals surface area contributed by atoms with Gasteiger partial charge in [0.15, 0.2) is 5.17 Å². The Balaban J connectivity index is 2.17. The van der Waals surface area contributed by atoms with E-state index in [-0.39, 0.29) is 21.4 Å². The topological polar surface area (TPSA) is 98.6 Å². The second kappa shape index (κ2) is 8.58. The fourth-order valence-electron chi connectivity index (χ4n) is 1.80. The van der Waals surface area contributed by atoms with Crippen molar-refractivity contribution in [2.24, 2.45) is 10.2 Å². The van der Waals surface area contributed by atoms with Crippen molar-refractivity contribution in [2.45, 2.75) is 6.36 Å². The van der Waals surface area contributed by atoms with Crippen LogP contribution in [0.25, 0.3) is 0 Å². The molecule has 0 aromatic heterocycles. The van der Waals surface area contributed by atoms with Gasteiger partial charge in [0.05, 0.1) is 25.3 Å². The Kier molecular flexibility index (Phi) is 6.45. The number of methoxy groups -OCH3 is 2. The Morgan fingerprint density at radius 3 is 2.67 bits per heavy atom. The summed E-state index contributed by atoms with van der Waals surface area (Å²) in [6, 6.07) is 3.43. The largest absolute Gasteiger partial charge is 0.573 e. The molecule has 0 unspecified atom stereocenters. The first-order valence-electron chi connectivity index (χ1n) is 7.05. The van der Waals surface area contributed by atoms with Crippen molar-refractivity contribution in [1.29, 1.82) is 0 Å². The van der Waals surface area contributed by atoms with Crippen LogP contribution in [0.2, 0.25) is 0 Å². The molecule has 27 heavy (non-hydrogen) atoms. The summed E-state index contributed by atoms with van der Waals surface area (Å²) in [7, 11) is 2.50. The van der Waals surface area contributed by atoms with Gasteiger partial charge in [-0.2, -0.15) is 5.10 Å². The van der Waals surface area contributed by atoms with E-state index in [0.29, 0.717) is 0 Å². The van der Waals surface area contributed by atoms with E-state index in [1.807, 2.05) is 0 Å². The number of hydrogen-bond donors (Lipinski definition) is 1. The van der Waals surface area contributed by atoms with Gasteiger partial charge < -0.3 is 14.2 Å². The first kappa shape index (κ1) is 20.3. The third-order valence-corrected chi connectivity index (χ3v) is 3.78. The standard InChI is InChI=1S/C15H12F3N3O5S/c1-24-10-4-3-9(26-15(16,17)18)5-8(10)7-19-21-14-20-13(23)11(27-14)6-12(22)25-2/h3-7H,1-2H3,(H,20,21,23)/b11-6+,19-7?. The van der Waals surface area contributed by atoms with E-state index in [9.17, 15) is 22.8 Å². The van der Waals surface area contributed by atoms with E-state index < -0.39 is 24.0 Å². The molecule has 144 valence electrons. The van der Waals surface area contributed by atoms with Gasteiger partial charge in [-0.25, -0.2) is 4.79 Å². The quantitative estimate of drug-likeness (QED) is 0.350. The number of alkyl halides is 3. The lowest BCUT2D eigenvalue weighted by Crippen LogP contribution is -2.19. The van der Waals surface area contributed by atoms with Crippen LogP contribution in [-0.4, -0.2) is 43.8 Å². The second-order valence-corrected chi connectivity index (χ2v) is 5.72. The smallest absolute Gasteiger partial charge is 0.496 e. The Hall–Kier alpha value is -3.02. The average Bonchev–Trinajstić information content (AvgIpc) is 2.93. The third-order valence-electron chi connectivity index (χ3n) is 2.88. The lowest BCUT2D eigenvalue weighted by molar-refractivity contribution is -0.274. The van der Waals surface area contributed by atoms with Crippen LogP contribution in [-0.2, 0) is 14.3 Å². The van der Waals surface area contributed by atoms with Gasteiger partial charge in [-0.3, -0.25) is 10.1 Å². The predicted octanol–water partition coefficient (Wildman–Crippen LogP) is 2.20. The van der Waals surface area contributed by atoms with E-state index in [1.54, 1.807) is 0 Å². The van der Waals surface area contributed by atoms with Crippen molar-refractivity contribution in [3.05, 3.63) is 34.7 Å². The zero-order valence-electron chi connectivity index (χ0n) is 13.9. The molecule has 1 saturated heterocycles. The summed E-state index contributed by atoms with van der Waals surface area (Å²) in [6.07, 6.45) is -2.71. The molecule has 1 fully saturated rings. The Bertz CT molecular complexity index is 836. The Labute approximate surface area is 155 Å². The molecule has 1 aromatic carbocycles. The van der Waals surface area contributed by atoms with Gasteiger partial charge in [-0.15, -0.1) is 18.3 Å². The SMILES string of the molecule is COC(=O)/C=C1/S/C(=N\N=Cc2cc(OC(F)(F)F)ccc2OC)NC1=O. The number of nitrogens with zero attached hydrogens (tertiary/aromatic N) is 2. The highest BCUT2D eigenvalue weighted by Crippen LogP contribution is 2.28. The molecule has 1 aliphatic rings. The molecular weight excluding hydrogens is 391 g/mol. The summed E-state index contributed by atoms with van der Waals surface area (Å²) in [6.45, 7) is 0. The van der Waals surface area contributed by atoms with Gasteiger partial charge in [-0.05, 0) is 30.0 Å². The Morgan fingerprint density at radius 1 is 1.30 bits per heavy atom. The van der Waals surface area contributed by atoms with Crippen LogP contribution in [0.1, 0.15) is 5.56 Å². The molecule has 0 saturated carbocycles.